The van der Waals surface area contributed by atoms with Gasteiger partial charge in [-0.2, -0.15) is 0 Å². The van der Waals surface area contributed by atoms with Crippen LogP contribution in [0, 0.1) is 6.92 Å². The van der Waals surface area contributed by atoms with Gasteiger partial charge in [-0.25, -0.2) is 9.97 Å². The Bertz CT molecular complexity index is 363. The van der Waals surface area contributed by atoms with E-state index >= 15 is 0 Å². The maximum Gasteiger partial charge on any atom is 0.313 e. The van der Waals surface area contributed by atoms with E-state index in [1.807, 2.05) is 0 Å². The predicted octanol–water partition coefficient (Wildman–Crippen LogP) is 0.531. The monoisotopic (exact) mass is 194 g/mol. The molecule has 0 aliphatic carbocycles. The molecule has 0 radical (unpaired) electrons. The molecule has 14 heavy (non-hydrogen) atoms. The Balaban J connectivity index is 2.80. The summed E-state index contributed by atoms with van der Waals surface area (Å²) in [6.45, 7) is 1.71. The first-order valence-electron chi connectivity index (χ1n) is 4.01. The Morgan fingerprint density at radius 1 is 1.50 bits per heavy atom. The van der Waals surface area contributed by atoms with Gasteiger partial charge < -0.3 is 4.74 Å². The van der Waals surface area contributed by atoms with Gasteiger partial charge in [0.25, 0.3) is 0 Å². The summed E-state index contributed by atoms with van der Waals surface area (Å²) in [5, 5.41) is 0. The summed E-state index contributed by atoms with van der Waals surface area (Å²) in [6.07, 6.45) is 2.52. The predicted molar refractivity (Wildman–Crippen MR) is 47.7 cm³/mol. The van der Waals surface area contributed by atoms with E-state index in [9.17, 15) is 9.59 Å². The third kappa shape index (κ3) is 2.35. The molecule has 0 fully saturated rings. The summed E-state index contributed by atoms with van der Waals surface area (Å²) < 4.78 is 4.38. The molecule has 0 aliphatic heterocycles. The van der Waals surface area contributed by atoms with Crippen molar-refractivity contribution in [3.05, 3.63) is 23.8 Å². The molecule has 1 rings (SSSR count). The molecule has 0 saturated heterocycles. The van der Waals surface area contributed by atoms with Crippen LogP contribution in [0.25, 0.3) is 0 Å². The zero-order chi connectivity index (χ0) is 10.6. The molecule has 0 aliphatic rings. The molecule has 74 valence electrons. The highest BCUT2D eigenvalue weighted by Gasteiger charge is 2.14. The lowest BCUT2D eigenvalue weighted by molar-refractivity contribution is -0.139. The third-order valence-electron chi connectivity index (χ3n) is 1.69. The highest BCUT2D eigenvalue weighted by Crippen LogP contribution is 2.05. The lowest BCUT2D eigenvalue weighted by Gasteiger charge is -2.01. The van der Waals surface area contributed by atoms with E-state index in [4.69, 9.17) is 0 Å². The van der Waals surface area contributed by atoms with Gasteiger partial charge in [0, 0.05) is 6.20 Å². The number of Topliss-reactive ketones (excluding diaryl/α,β-unsaturated/α-hetero) is 1. The third-order valence-corrected chi connectivity index (χ3v) is 1.69. The Kier molecular flexibility index (Phi) is 3.28. The number of ketones is 1. The number of carbonyl (C=O) groups is 2. The number of rotatable bonds is 3. The van der Waals surface area contributed by atoms with Crippen LogP contribution in [0.2, 0.25) is 0 Å². The minimum atomic E-state index is -0.562. The van der Waals surface area contributed by atoms with Crippen molar-refractivity contribution in [3.8, 4) is 0 Å². The fourth-order valence-corrected chi connectivity index (χ4v) is 0.978. The second-order valence-corrected chi connectivity index (χ2v) is 2.73. The molecule has 0 aromatic carbocycles. The molecular weight excluding hydrogens is 184 g/mol. The first kappa shape index (κ1) is 10.3. The Morgan fingerprint density at radius 3 is 2.79 bits per heavy atom. The number of hydrogen-bond donors (Lipinski definition) is 0. The minimum Gasteiger partial charge on any atom is -0.469 e. The van der Waals surface area contributed by atoms with E-state index in [1.165, 1.54) is 19.6 Å². The van der Waals surface area contributed by atoms with E-state index in [0.29, 0.717) is 5.56 Å². The van der Waals surface area contributed by atoms with E-state index in [0.717, 1.165) is 0 Å². The van der Waals surface area contributed by atoms with Crippen LogP contribution in [-0.2, 0) is 9.53 Å². The van der Waals surface area contributed by atoms with Crippen LogP contribution in [0.15, 0.2) is 12.5 Å². The van der Waals surface area contributed by atoms with Gasteiger partial charge in [0.05, 0.1) is 7.11 Å². The lowest BCUT2D eigenvalue weighted by atomic mass is 10.1. The molecular formula is C9H10N2O3. The molecule has 5 heteroatoms. The smallest absolute Gasteiger partial charge is 0.313 e. The average molecular weight is 194 g/mol. The number of ether oxygens (including phenoxy) is 1. The van der Waals surface area contributed by atoms with Crippen LogP contribution in [0.5, 0.6) is 0 Å². The summed E-state index contributed by atoms with van der Waals surface area (Å²) in [7, 11) is 1.24. The zero-order valence-electron chi connectivity index (χ0n) is 7.98. The maximum absolute atomic E-state index is 11.4. The maximum atomic E-state index is 11.4. The quantitative estimate of drug-likeness (QED) is 0.399. The van der Waals surface area contributed by atoms with Gasteiger partial charge in [0.2, 0.25) is 0 Å². The minimum absolute atomic E-state index is 0.269. The van der Waals surface area contributed by atoms with Gasteiger partial charge in [-0.15, -0.1) is 0 Å². The molecule has 0 amide bonds. The van der Waals surface area contributed by atoms with Crippen molar-refractivity contribution in [2.75, 3.05) is 7.11 Å². The summed E-state index contributed by atoms with van der Waals surface area (Å²) in [4.78, 5) is 29.8. The highest BCUT2D eigenvalue weighted by atomic mass is 16.5. The van der Waals surface area contributed by atoms with E-state index in [1.54, 1.807) is 6.92 Å². The first-order valence-corrected chi connectivity index (χ1v) is 4.01. The second-order valence-electron chi connectivity index (χ2n) is 2.73. The fourth-order valence-electron chi connectivity index (χ4n) is 0.978. The van der Waals surface area contributed by atoms with Crippen molar-refractivity contribution in [2.45, 2.75) is 13.3 Å². The Morgan fingerprint density at radius 2 is 2.21 bits per heavy atom. The standard InChI is InChI=1S/C9H10N2O3/c1-6-4-10-5-11-9(6)7(12)3-8(13)14-2/h4-5H,3H2,1-2H3. The van der Waals surface area contributed by atoms with Gasteiger partial charge >= 0.3 is 5.97 Å². The molecule has 1 aromatic rings. The first-order chi connectivity index (χ1) is 6.65. The molecule has 0 bridgehead atoms. The van der Waals surface area contributed by atoms with Crippen molar-refractivity contribution >= 4 is 11.8 Å². The molecule has 0 N–H and O–H groups in total. The highest BCUT2D eigenvalue weighted by molar-refractivity contribution is 6.05. The van der Waals surface area contributed by atoms with Crippen molar-refractivity contribution in [3.63, 3.8) is 0 Å². The summed E-state index contributed by atoms with van der Waals surface area (Å²) in [5.74, 6) is -0.912. The number of hydrogen-bond acceptors (Lipinski definition) is 5. The summed E-state index contributed by atoms with van der Waals surface area (Å²) >= 11 is 0. The van der Waals surface area contributed by atoms with Gasteiger partial charge in [0.1, 0.15) is 18.4 Å². The van der Waals surface area contributed by atoms with Crippen LogP contribution in [-0.4, -0.2) is 28.8 Å². The van der Waals surface area contributed by atoms with Gasteiger partial charge in [-0.1, -0.05) is 0 Å². The van der Waals surface area contributed by atoms with Gasteiger partial charge in [0.15, 0.2) is 5.78 Å². The number of nitrogens with zero attached hydrogens (tertiary/aromatic N) is 2. The number of esters is 1. The van der Waals surface area contributed by atoms with Crippen molar-refractivity contribution in [1.82, 2.24) is 9.97 Å². The van der Waals surface area contributed by atoms with Crippen LogP contribution in [0.1, 0.15) is 22.5 Å². The average Bonchev–Trinajstić information content (AvgIpc) is 2.18. The number of aromatic nitrogens is 2. The SMILES string of the molecule is COC(=O)CC(=O)c1ncncc1C. The molecule has 1 heterocycles. The van der Waals surface area contributed by atoms with Gasteiger partial charge in [-0.05, 0) is 12.5 Å². The van der Waals surface area contributed by atoms with Gasteiger partial charge in [-0.3, -0.25) is 9.59 Å². The molecule has 0 spiro atoms. The molecule has 0 unspecified atom stereocenters. The largest absolute Gasteiger partial charge is 0.469 e. The van der Waals surface area contributed by atoms with Crippen molar-refractivity contribution in [1.29, 1.82) is 0 Å². The number of carbonyl (C=O) groups excluding carboxylic acids is 2. The second kappa shape index (κ2) is 4.45. The van der Waals surface area contributed by atoms with E-state index in [2.05, 4.69) is 14.7 Å². The summed E-state index contributed by atoms with van der Waals surface area (Å²) in [6, 6.07) is 0. The van der Waals surface area contributed by atoms with Crippen LogP contribution < -0.4 is 0 Å². The normalized spacial score (nSPS) is 9.57. The van der Waals surface area contributed by atoms with Crippen molar-refractivity contribution < 1.29 is 14.3 Å². The molecule has 5 nitrogen and oxygen atoms in total. The zero-order valence-corrected chi connectivity index (χ0v) is 7.98. The molecule has 1 aromatic heterocycles. The fraction of sp³-hybridized carbons (Fsp3) is 0.333. The number of aryl methyl sites for hydroxylation is 1. The van der Waals surface area contributed by atoms with E-state index < -0.39 is 5.97 Å². The van der Waals surface area contributed by atoms with Crippen molar-refractivity contribution in [2.24, 2.45) is 0 Å². The molecule has 0 saturated carbocycles. The number of methoxy groups -OCH3 is 1. The lowest BCUT2D eigenvalue weighted by Crippen LogP contribution is -2.12. The molecule has 0 atom stereocenters. The van der Waals surface area contributed by atoms with Crippen LogP contribution in [0.3, 0.4) is 0 Å². The Labute approximate surface area is 81.1 Å². The topological polar surface area (TPSA) is 69.2 Å². The van der Waals surface area contributed by atoms with Crippen LogP contribution >= 0.6 is 0 Å². The summed E-state index contributed by atoms with van der Waals surface area (Å²) in [5.41, 5.74) is 0.923. The van der Waals surface area contributed by atoms with Crippen LogP contribution in [0.4, 0.5) is 0 Å². The van der Waals surface area contributed by atoms with E-state index in [-0.39, 0.29) is 17.9 Å². The Hall–Kier alpha value is -1.78.